The molecule has 0 aromatic heterocycles. The summed E-state index contributed by atoms with van der Waals surface area (Å²) < 4.78 is 5.22. The lowest BCUT2D eigenvalue weighted by atomic mass is 9.57. The molecule has 0 radical (unpaired) electrons. The number of carbonyl (C=O) groups is 1. The third kappa shape index (κ3) is 1.31. The van der Waals surface area contributed by atoms with E-state index >= 15 is 0 Å². The Morgan fingerprint density at radius 1 is 1.53 bits per heavy atom. The smallest absolute Gasteiger partial charge is 0.307 e. The topological polar surface area (TPSA) is 46.5 Å². The molecule has 2 bridgehead atoms. The summed E-state index contributed by atoms with van der Waals surface area (Å²) in [5, 5.41) is 9.34. The van der Waals surface area contributed by atoms with Gasteiger partial charge in [0.1, 0.15) is 5.75 Å². The molecule has 3 saturated carbocycles. The molecule has 3 nitrogen and oxygen atoms in total. The maximum atomic E-state index is 11.3. The summed E-state index contributed by atoms with van der Waals surface area (Å²) in [5.41, 5.74) is 1.02. The molecule has 1 N–H and O–H groups in total. The lowest BCUT2D eigenvalue weighted by molar-refractivity contribution is -0.150. The summed E-state index contributed by atoms with van der Waals surface area (Å²) in [4.78, 5) is 11.3. The molecule has 0 amide bonds. The Labute approximate surface area is 100 Å². The zero-order chi connectivity index (χ0) is 12.0. The quantitative estimate of drug-likeness (QED) is 0.870. The molecule has 1 aromatic rings. The van der Waals surface area contributed by atoms with E-state index in [1.807, 2.05) is 24.3 Å². The molecule has 90 valence electrons. The molecular formula is C14H16O3. The highest BCUT2D eigenvalue weighted by Gasteiger charge is 2.62. The molecule has 3 heteroatoms. The van der Waals surface area contributed by atoms with Crippen molar-refractivity contribution in [3.8, 4) is 5.75 Å². The average Bonchev–Trinajstić information content (AvgIpc) is 2.87. The number of fused-ring (bicyclic) bond motifs is 1. The van der Waals surface area contributed by atoms with Gasteiger partial charge in [-0.15, -0.1) is 0 Å². The Balaban J connectivity index is 2.00. The molecule has 4 rings (SSSR count). The van der Waals surface area contributed by atoms with Crippen LogP contribution in [-0.4, -0.2) is 18.2 Å². The summed E-state index contributed by atoms with van der Waals surface area (Å²) >= 11 is 0. The Kier molecular flexibility index (Phi) is 2.18. The van der Waals surface area contributed by atoms with Crippen LogP contribution >= 0.6 is 0 Å². The van der Waals surface area contributed by atoms with Gasteiger partial charge in [0.2, 0.25) is 0 Å². The van der Waals surface area contributed by atoms with Gasteiger partial charge in [-0.25, -0.2) is 0 Å². The standard InChI is InChI=1S/C14H16O3/c1-17-11-4-2-3-10(7-11)14-6-5-9(8-14)12(14)13(15)16/h2-4,7,9,12H,5-6,8H2,1H3,(H,15,16). The van der Waals surface area contributed by atoms with Crippen LogP contribution in [0, 0.1) is 11.8 Å². The molecule has 3 aliphatic carbocycles. The fourth-order valence-electron chi connectivity index (χ4n) is 3.79. The summed E-state index contributed by atoms with van der Waals surface area (Å²) in [6.07, 6.45) is 3.08. The van der Waals surface area contributed by atoms with E-state index in [0.717, 1.165) is 30.6 Å². The number of hydrogen-bond donors (Lipinski definition) is 1. The second-order valence-electron chi connectivity index (χ2n) is 5.21. The largest absolute Gasteiger partial charge is 0.497 e. The highest BCUT2D eigenvalue weighted by molar-refractivity contribution is 5.75. The Hall–Kier alpha value is -1.51. The summed E-state index contributed by atoms with van der Waals surface area (Å²) in [5.74, 6) is 0.381. The van der Waals surface area contributed by atoms with Crippen LogP contribution in [0.25, 0.3) is 0 Å². The summed E-state index contributed by atoms with van der Waals surface area (Å²) in [6, 6.07) is 7.89. The van der Waals surface area contributed by atoms with Crippen LogP contribution in [0.15, 0.2) is 24.3 Å². The molecule has 0 spiro atoms. The van der Waals surface area contributed by atoms with E-state index in [0.29, 0.717) is 5.92 Å². The molecule has 0 saturated heterocycles. The van der Waals surface area contributed by atoms with Crippen LogP contribution in [0.3, 0.4) is 0 Å². The first kappa shape index (κ1) is 10.6. The minimum absolute atomic E-state index is 0.120. The SMILES string of the molecule is COc1cccc(C23CCC(C2)C3C(=O)O)c1. The van der Waals surface area contributed by atoms with Crippen LogP contribution in [0.1, 0.15) is 24.8 Å². The number of carboxylic acid groups (broad SMARTS) is 1. The van der Waals surface area contributed by atoms with E-state index in [1.54, 1.807) is 7.11 Å². The van der Waals surface area contributed by atoms with Crippen molar-refractivity contribution in [3.63, 3.8) is 0 Å². The number of hydrogen-bond acceptors (Lipinski definition) is 2. The molecule has 3 aliphatic rings. The summed E-state index contributed by atoms with van der Waals surface area (Å²) in [6.45, 7) is 0. The summed E-state index contributed by atoms with van der Waals surface area (Å²) in [7, 11) is 1.64. The Bertz CT molecular complexity index is 464. The molecule has 17 heavy (non-hydrogen) atoms. The van der Waals surface area contributed by atoms with Gasteiger partial charge in [0.15, 0.2) is 0 Å². The van der Waals surface area contributed by atoms with Gasteiger partial charge in [-0.05, 0) is 42.9 Å². The normalized spacial score (nSPS) is 34.2. The molecule has 3 fully saturated rings. The Morgan fingerprint density at radius 3 is 3.00 bits per heavy atom. The van der Waals surface area contributed by atoms with Crippen LogP contribution in [0.2, 0.25) is 0 Å². The molecule has 0 aliphatic heterocycles. The van der Waals surface area contributed by atoms with E-state index in [4.69, 9.17) is 4.74 Å². The number of methoxy groups -OCH3 is 1. The van der Waals surface area contributed by atoms with Crippen molar-refractivity contribution in [2.24, 2.45) is 11.8 Å². The van der Waals surface area contributed by atoms with Crippen molar-refractivity contribution in [2.45, 2.75) is 24.7 Å². The first-order valence-corrected chi connectivity index (χ1v) is 6.05. The lowest BCUT2D eigenvalue weighted by Gasteiger charge is -2.45. The van der Waals surface area contributed by atoms with Crippen molar-refractivity contribution in [1.82, 2.24) is 0 Å². The van der Waals surface area contributed by atoms with Gasteiger partial charge >= 0.3 is 5.97 Å². The van der Waals surface area contributed by atoms with Crippen molar-refractivity contribution < 1.29 is 14.6 Å². The van der Waals surface area contributed by atoms with Crippen molar-refractivity contribution in [2.75, 3.05) is 7.11 Å². The predicted molar refractivity (Wildman–Crippen MR) is 63.1 cm³/mol. The fraction of sp³-hybridized carbons (Fsp3) is 0.500. The minimum Gasteiger partial charge on any atom is -0.497 e. The molecular weight excluding hydrogens is 216 g/mol. The van der Waals surface area contributed by atoms with Crippen molar-refractivity contribution in [1.29, 1.82) is 0 Å². The lowest BCUT2D eigenvalue weighted by Crippen LogP contribution is -2.48. The third-order valence-electron chi connectivity index (χ3n) is 4.57. The molecule has 3 atom stereocenters. The zero-order valence-corrected chi connectivity index (χ0v) is 9.85. The van der Waals surface area contributed by atoms with Crippen LogP contribution in [0.4, 0.5) is 0 Å². The van der Waals surface area contributed by atoms with Gasteiger partial charge in [0.05, 0.1) is 13.0 Å². The third-order valence-corrected chi connectivity index (χ3v) is 4.57. The average molecular weight is 232 g/mol. The number of benzene rings is 1. The number of carboxylic acids is 1. The van der Waals surface area contributed by atoms with Gasteiger partial charge in [0, 0.05) is 5.41 Å². The Morgan fingerprint density at radius 2 is 2.35 bits per heavy atom. The second-order valence-corrected chi connectivity index (χ2v) is 5.21. The van der Waals surface area contributed by atoms with Crippen LogP contribution in [0.5, 0.6) is 5.75 Å². The van der Waals surface area contributed by atoms with Crippen molar-refractivity contribution >= 4 is 5.97 Å². The maximum absolute atomic E-state index is 11.3. The van der Waals surface area contributed by atoms with Crippen LogP contribution < -0.4 is 4.74 Å². The van der Waals surface area contributed by atoms with Gasteiger partial charge in [0.25, 0.3) is 0 Å². The van der Waals surface area contributed by atoms with E-state index in [-0.39, 0.29) is 11.3 Å². The monoisotopic (exact) mass is 232 g/mol. The van der Waals surface area contributed by atoms with E-state index < -0.39 is 5.97 Å². The molecule has 1 aromatic carbocycles. The van der Waals surface area contributed by atoms with E-state index in [2.05, 4.69) is 0 Å². The highest BCUT2D eigenvalue weighted by atomic mass is 16.5. The maximum Gasteiger partial charge on any atom is 0.307 e. The van der Waals surface area contributed by atoms with E-state index in [1.165, 1.54) is 0 Å². The minimum atomic E-state index is -0.637. The number of aliphatic carboxylic acids is 1. The predicted octanol–water partition coefficient (Wildman–Crippen LogP) is 2.45. The van der Waals surface area contributed by atoms with E-state index in [9.17, 15) is 9.90 Å². The first-order chi connectivity index (χ1) is 8.17. The highest BCUT2D eigenvalue weighted by Crippen LogP contribution is 2.64. The van der Waals surface area contributed by atoms with Gasteiger partial charge in [-0.3, -0.25) is 4.79 Å². The zero-order valence-electron chi connectivity index (χ0n) is 9.85. The number of ether oxygens (including phenoxy) is 1. The molecule has 0 heterocycles. The van der Waals surface area contributed by atoms with Crippen molar-refractivity contribution in [3.05, 3.63) is 29.8 Å². The fourth-order valence-corrected chi connectivity index (χ4v) is 3.79. The van der Waals surface area contributed by atoms with Gasteiger partial charge < -0.3 is 9.84 Å². The molecule has 3 unspecified atom stereocenters. The van der Waals surface area contributed by atoms with Crippen LogP contribution in [-0.2, 0) is 10.2 Å². The van der Waals surface area contributed by atoms with Gasteiger partial charge in [-0.2, -0.15) is 0 Å². The first-order valence-electron chi connectivity index (χ1n) is 6.05. The number of rotatable bonds is 3. The van der Waals surface area contributed by atoms with Gasteiger partial charge in [-0.1, -0.05) is 12.1 Å². The second kappa shape index (κ2) is 3.49.